The van der Waals surface area contributed by atoms with Crippen molar-refractivity contribution in [3.05, 3.63) is 70.2 Å². The third-order valence-electron chi connectivity index (χ3n) is 4.80. The fraction of sp³-hybridized carbons (Fsp3) is 0.391. The normalized spacial score (nSPS) is 11.0. The fourth-order valence-electron chi connectivity index (χ4n) is 3.04. The van der Waals surface area contributed by atoms with Gasteiger partial charge in [0.25, 0.3) is 0 Å². The van der Waals surface area contributed by atoms with Crippen LogP contribution in [0.2, 0.25) is 0 Å². The summed E-state index contributed by atoms with van der Waals surface area (Å²) in [5.41, 5.74) is 5.37. The Bertz CT molecular complexity index is 788. The highest BCUT2D eigenvalue weighted by molar-refractivity contribution is 7.14. The number of unbranched alkanes of at least 4 members (excludes halogenated alkanes) is 2. The van der Waals surface area contributed by atoms with Crippen LogP contribution >= 0.6 is 11.3 Å². The van der Waals surface area contributed by atoms with E-state index in [0.29, 0.717) is 0 Å². The second-order valence-corrected chi connectivity index (χ2v) is 7.89. The minimum absolute atomic E-state index is 1.04. The van der Waals surface area contributed by atoms with E-state index in [2.05, 4.69) is 72.6 Å². The van der Waals surface area contributed by atoms with Crippen molar-refractivity contribution in [1.82, 2.24) is 10.2 Å². The first-order valence-electron chi connectivity index (χ1n) is 9.78. The second kappa shape index (κ2) is 9.63. The van der Waals surface area contributed by atoms with Gasteiger partial charge in [-0.3, -0.25) is 0 Å². The predicted molar refractivity (Wildman–Crippen MR) is 112 cm³/mol. The summed E-state index contributed by atoms with van der Waals surface area (Å²) in [6.45, 7) is 4.43. The molecule has 1 heterocycles. The average Bonchev–Trinajstić information content (AvgIpc) is 3.16. The Labute approximate surface area is 161 Å². The summed E-state index contributed by atoms with van der Waals surface area (Å²) in [6, 6.07) is 17.8. The van der Waals surface area contributed by atoms with Crippen LogP contribution in [0.1, 0.15) is 54.8 Å². The molecule has 0 atom stereocenters. The van der Waals surface area contributed by atoms with Gasteiger partial charge < -0.3 is 0 Å². The fourth-order valence-corrected chi connectivity index (χ4v) is 3.93. The van der Waals surface area contributed by atoms with Gasteiger partial charge in [0.1, 0.15) is 10.0 Å². The van der Waals surface area contributed by atoms with E-state index in [1.807, 2.05) is 0 Å². The molecule has 0 aliphatic carbocycles. The molecule has 136 valence electrons. The van der Waals surface area contributed by atoms with Crippen LogP contribution in [0, 0.1) is 0 Å². The van der Waals surface area contributed by atoms with Gasteiger partial charge in [-0.25, -0.2) is 0 Å². The molecule has 0 fully saturated rings. The van der Waals surface area contributed by atoms with Crippen molar-refractivity contribution < 1.29 is 0 Å². The van der Waals surface area contributed by atoms with Crippen LogP contribution in [0.3, 0.4) is 0 Å². The Kier molecular flexibility index (Phi) is 6.96. The van der Waals surface area contributed by atoms with Crippen molar-refractivity contribution in [3.8, 4) is 10.6 Å². The molecular weight excluding hydrogens is 336 g/mol. The van der Waals surface area contributed by atoms with Crippen molar-refractivity contribution in [1.29, 1.82) is 0 Å². The maximum absolute atomic E-state index is 4.37. The number of aromatic nitrogens is 2. The number of nitrogens with zero attached hydrogens (tertiary/aromatic N) is 2. The van der Waals surface area contributed by atoms with E-state index < -0.39 is 0 Å². The van der Waals surface area contributed by atoms with Crippen molar-refractivity contribution in [2.24, 2.45) is 0 Å². The quantitative estimate of drug-likeness (QED) is 0.417. The highest BCUT2D eigenvalue weighted by Gasteiger charge is 2.07. The van der Waals surface area contributed by atoms with E-state index in [9.17, 15) is 0 Å². The molecule has 0 saturated carbocycles. The third kappa shape index (κ3) is 5.25. The predicted octanol–water partition coefficient (Wildman–Crippen LogP) is 6.29. The topological polar surface area (TPSA) is 25.8 Å². The first-order chi connectivity index (χ1) is 12.8. The van der Waals surface area contributed by atoms with Gasteiger partial charge in [-0.05, 0) is 42.4 Å². The van der Waals surface area contributed by atoms with Gasteiger partial charge >= 0.3 is 0 Å². The van der Waals surface area contributed by atoms with Gasteiger partial charge in [-0.1, -0.05) is 86.6 Å². The smallest absolute Gasteiger partial charge is 0.143 e. The highest BCUT2D eigenvalue weighted by Crippen LogP contribution is 2.25. The van der Waals surface area contributed by atoms with Gasteiger partial charge in [0, 0.05) is 12.0 Å². The Morgan fingerprint density at radius 1 is 0.692 bits per heavy atom. The molecule has 0 aliphatic rings. The molecule has 0 N–H and O–H groups in total. The lowest BCUT2D eigenvalue weighted by atomic mass is 10.0. The Hall–Kier alpha value is -2.00. The molecular formula is C23H28N2S. The summed E-state index contributed by atoms with van der Waals surface area (Å²) >= 11 is 1.73. The molecule has 2 aromatic carbocycles. The third-order valence-corrected chi connectivity index (χ3v) is 5.83. The number of hydrogen-bond donors (Lipinski definition) is 0. The Morgan fingerprint density at radius 2 is 1.31 bits per heavy atom. The van der Waals surface area contributed by atoms with E-state index in [0.717, 1.165) is 35.7 Å². The standard InChI is InChI=1S/C23H28N2S/c1-3-5-6-7-22-24-25-23(26-22)21-16-14-20(15-17-21)13-12-19-10-8-18(4-2)9-11-19/h8-11,14-17H,3-7,12-13H2,1-2H3. The number of benzene rings is 2. The molecule has 0 spiro atoms. The minimum atomic E-state index is 1.04. The molecule has 1 aromatic heterocycles. The SMILES string of the molecule is CCCCCc1nnc(-c2ccc(CCc3ccc(CC)cc3)cc2)s1. The van der Waals surface area contributed by atoms with Crippen molar-refractivity contribution in [3.63, 3.8) is 0 Å². The van der Waals surface area contributed by atoms with E-state index in [1.165, 1.54) is 41.5 Å². The van der Waals surface area contributed by atoms with Crippen LogP contribution in [0.25, 0.3) is 10.6 Å². The van der Waals surface area contributed by atoms with Crippen LogP contribution in [0.4, 0.5) is 0 Å². The van der Waals surface area contributed by atoms with Crippen molar-refractivity contribution in [2.75, 3.05) is 0 Å². The number of aryl methyl sites for hydroxylation is 4. The van der Waals surface area contributed by atoms with Gasteiger partial charge in [-0.2, -0.15) is 0 Å². The molecule has 0 amide bonds. The van der Waals surface area contributed by atoms with Crippen LogP contribution in [-0.4, -0.2) is 10.2 Å². The van der Waals surface area contributed by atoms with E-state index in [1.54, 1.807) is 11.3 Å². The largest absolute Gasteiger partial charge is 0.147 e. The molecule has 26 heavy (non-hydrogen) atoms. The summed E-state index contributed by atoms with van der Waals surface area (Å²) < 4.78 is 0. The van der Waals surface area contributed by atoms with Gasteiger partial charge in [0.2, 0.25) is 0 Å². The molecule has 3 rings (SSSR count). The monoisotopic (exact) mass is 364 g/mol. The van der Waals surface area contributed by atoms with Gasteiger partial charge in [-0.15, -0.1) is 10.2 Å². The second-order valence-electron chi connectivity index (χ2n) is 6.83. The Morgan fingerprint density at radius 3 is 1.92 bits per heavy atom. The van der Waals surface area contributed by atoms with Gasteiger partial charge in [0.15, 0.2) is 0 Å². The van der Waals surface area contributed by atoms with Crippen LogP contribution < -0.4 is 0 Å². The van der Waals surface area contributed by atoms with E-state index in [4.69, 9.17) is 0 Å². The summed E-state index contributed by atoms with van der Waals surface area (Å²) in [5.74, 6) is 0. The van der Waals surface area contributed by atoms with Crippen molar-refractivity contribution in [2.45, 2.75) is 58.8 Å². The maximum Gasteiger partial charge on any atom is 0.147 e. The lowest BCUT2D eigenvalue weighted by Crippen LogP contribution is -1.92. The molecule has 2 nitrogen and oxygen atoms in total. The zero-order chi connectivity index (χ0) is 18.2. The van der Waals surface area contributed by atoms with Crippen LogP contribution in [-0.2, 0) is 25.7 Å². The summed E-state index contributed by atoms with van der Waals surface area (Å²) in [5, 5.41) is 10.9. The molecule has 0 unspecified atom stereocenters. The number of hydrogen-bond acceptors (Lipinski definition) is 3. The highest BCUT2D eigenvalue weighted by atomic mass is 32.1. The van der Waals surface area contributed by atoms with E-state index >= 15 is 0 Å². The molecule has 0 radical (unpaired) electrons. The Balaban J connectivity index is 1.56. The summed E-state index contributed by atoms with van der Waals surface area (Å²) in [4.78, 5) is 0. The van der Waals surface area contributed by atoms with E-state index in [-0.39, 0.29) is 0 Å². The van der Waals surface area contributed by atoms with Crippen LogP contribution in [0.15, 0.2) is 48.5 Å². The first-order valence-corrected chi connectivity index (χ1v) is 10.6. The zero-order valence-electron chi connectivity index (χ0n) is 15.9. The molecule has 0 aliphatic heterocycles. The average molecular weight is 365 g/mol. The minimum Gasteiger partial charge on any atom is -0.143 e. The molecule has 3 aromatic rings. The maximum atomic E-state index is 4.37. The van der Waals surface area contributed by atoms with Crippen LogP contribution in [0.5, 0.6) is 0 Å². The lowest BCUT2D eigenvalue weighted by Gasteiger charge is -2.04. The number of rotatable bonds is 9. The summed E-state index contributed by atoms with van der Waals surface area (Å²) in [6.07, 6.45) is 8.05. The zero-order valence-corrected chi connectivity index (χ0v) is 16.7. The molecule has 0 bridgehead atoms. The van der Waals surface area contributed by atoms with Gasteiger partial charge in [0.05, 0.1) is 0 Å². The first kappa shape index (κ1) is 18.8. The van der Waals surface area contributed by atoms with Crippen molar-refractivity contribution >= 4 is 11.3 Å². The summed E-state index contributed by atoms with van der Waals surface area (Å²) in [7, 11) is 0. The molecule has 0 saturated heterocycles. The lowest BCUT2D eigenvalue weighted by molar-refractivity contribution is 0.710. The molecule has 3 heteroatoms.